The molecule has 0 amide bonds. The molecule has 16 aromatic carbocycles. The van der Waals surface area contributed by atoms with Crippen molar-refractivity contribution >= 4 is 117 Å². The summed E-state index contributed by atoms with van der Waals surface area (Å²) in [7, 11) is 1.08. The average Bonchev–Trinajstić information content (AvgIpc) is 1.54. The van der Waals surface area contributed by atoms with Crippen LogP contribution in [-0.4, -0.2) is 9.52 Å². The van der Waals surface area contributed by atoms with Crippen LogP contribution in [0.25, 0.3) is 152 Å². The van der Waals surface area contributed by atoms with Crippen molar-refractivity contribution in [3.05, 3.63) is 278 Å². The number of fused-ring (bicyclic) bond motifs is 10. The Kier molecular flexibility index (Phi) is 15.9. The second kappa shape index (κ2) is 23.9. The van der Waals surface area contributed by atoms with E-state index in [1.54, 1.807) is 0 Å². The molecule has 0 bridgehead atoms. The van der Waals surface area contributed by atoms with Gasteiger partial charge in [-0.1, -0.05) is 295 Å². The molecular weight excluding hydrogens is 1150 g/mol. The van der Waals surface area contributed by atoms with Crippen molar-refractivity contribution in [2.75, 3.05) is 0 Å². The molecule has 2 radical (unpaired) electrons. The fraction of sp³-hybridized carbons (Fsp3) is 0.140. The molecule has 0 saturated heterocycles. The number of hydrogen-bond donors (Lipinski definition) is 0. The van der Waals surface area contributed by atoms with Crippen LogP contribution in [0.5, 0.6) is 0 Å². The van der Waals surface area contributed by atoms with Gasteiger partial charge in [0, 0.05) is 9.52 Å². The van der Waals surface area contributed by atoms with E-state index in [0.717, 1.165) is 22.4 Å². The maximum Gasteiger partial charge on any atom is 2.00 e. The Labute approximate surface area is 540 Å². The number of benzene rings is 14. The van der Waals surface area contributed by atoms with Crippen LogP contribution in [0, 0.1) is 10.8 Å². The van der Waals surface area contributed by atoms with Crippen molar-refractivity contribution in [1.29, 1.82) is 0 Å². The molecule has 0 spiro atoms. The molecule has 0 saturated carbocycles. The van der Waals surface area contributed by atoms with E-state index in [1.807, 2.05) is 0 Å². The molecule has 16 aromatic rings. The van der Waals surface area contributed by atoms with Crippen molar-refractivity contribution in [2.24, 2.45) is 10.8 Å². The standard InChI is InChI=1S/2C42H33.C2H6Si.Zr/c2*1-42(2,3)26-27-22-38-36(40-32-16-8-4-12-28(32)24-29-13-5-9-17-33(29)40)20-21-37(39(38)23-27)41-34-18-10-6-14-30(34)25-31-15-7-11-19-35(31)41;1-3-2;/h2*4-25H,26H2,1-3H3;1-2H3;/q2*-1;;+2. The zero-order chi connectivity index (χ0) is 59.6. The fourth-order valence-corrected chi connectivity index (χ4v) is 14.2. The van der Waals surface area contributed by atoms with E-state index in [2.05, 4.69) is 322 Å². The van der Waals surface area contributed by atoms with Crippen molar-refractivity contribution < 1.29 is 26.2 Å². The van der Waals surface area contributed by atoms with Gasteiger partial charge in [-0.05, 0) is 156 Å². The first-order valence-electron chi connectivity index (χ1n) is 31.0. The molecule has 0 aliphatic carbocycles. The molecule has 0 aliphatic heterocycles. The van der Waals surface area contributed by atoms with Gasteiger partial charge in [0.2, 0.25) is 0 Å². The summed E-state index contributed by atoms with van der Waals surface area (Å²) >= 11 is 0. The molecule has 16 rings (SSSR count). The van der Waals surface area contributed by atoms with Crippen LogP contribution in [0.15, 0.2) is 267 Å². The molecule has 0 N–H and O–H groups in total. The van der Waals surface area contributed by atoms with Crippen LogP contribution < -0.4 is 0 Å². The minimum absolute atomic E-state index is 0. The third-order valence-electron chi connectivity index (χ3n) is 17.5. The minimum atomic E-state index is 0. The van der Waals surface area contributed by atoms with Gasteiger partial charge in [-0.15, -0.1) is 44.8 Å². The first-order valence-corrected chi connectivity index (χ1v) is 33.0. The van der Waals surface area contributed by atoms with Gasteiger partial charge >= 0.3 is 26.2 Å². The van der Waals surface area contributed by atoms with Crippen LogP contribution in [0.2, 0.25) is 13.1 Å². The zero-order valence-electron chi connectivity index (χ0n) is 51.8. The van der Waals surface area contributed by atoms with Gasteiger partial charge < -0.3 is 0 Å². The molecule has 0 heterocycles. The smallest absolute Gasteiger partial charge is 0.164 e. The summed E-state index contributed by atoms with van der Waals surface area (Å²) in [5.74, 6) is 0. The molecule has 2 heteroatoms. The van der Waals surface area contributed by atoms with E-state index in [9.17, 15) is 0 Å². The number of hydrogen-bond acceptors (Lipinski definition) is 0. The molecule has 0 fully saturated rings. The van der Waals surface area contributed by atoms with Crippen LogP contribution >= 0.6 is 0 Å². The fourth-order valence-electron chi connectivity index (χ4n) is 14.2. The summed E-state index contributed by atoms with van der Waals surface area (Å²) in [4.78, 5) is 0. The summed E-state index contributed by atoms with van der Waals surface area (Å²) in [5.41, 5.74) is 13.8. The van der Waals surface area contributed by atoms with Crippen LogP contribution in [-0.2, 0) is 39.0 Å². The van der Waals surface area contributed by atoms with Gasteiger partial charge in [0.15, 0.2) is 0 Å². The van der Waals surface area contributed by atoms with Gasteiger partial charge in [-0.3, -0.25) is 0 Å². The zero-order valence-corrected chi connectivity index (χ0v) is 55.3. The van der Waals surface area contributed by atoms with Crippen molar-refractivity contribution in [1.82, 2.24) is 0 Å². The predicted octanol–water partition coefficient (Wildman–Crippen LogP) is 25.0. The second-order valence-corrected chi connectivity index (χ2v) is 27.5. The van der Waals surface area contributed by atoms with Crippen molar-refractivity contribution in [2.45, 2.75) is 67.5 Å². The molecule has 0 aromatic heterocycles. The van der Waals surface area contributed by atoms with Gasteiger partial charge in [-0.25, -0.2) is 0 Å². The maximum absolute atomic E-state index is 2.48. The van der Waals surface area contributed by atoms with E-state index >= 15 is 0 Å². The maximum atomic E-state index is 2.48. The third kappa shape index (κ3) is 10.9. The molecule has 0 nitrogen and oxygen atoms in total. The SMILES string of the molecule is CC(C)(C)Cc1cc2c(-c3c4ccccc4cc4ccccc34)ccc(-c3c4ccccc4cc4ccccc34)c2[cH-]1.CC(C)(C)Cc1cc2c(-c3c4ccccc4cc4ccccc34)ccc(-c3c4ccccc4cc4ccccc34)c2[cH-]1.C[Si]C.[Zr+2]. The summed E-state index contributed by atoms with van der Waals surface area (Å²) in [6.07, 6.45) is 2.07. The Bertz CT molecular complexity index is 4440. The summed E-state index contributed by atoms with van der Waals surface area (Å²) in [6.45, 7) is 18.3. The summed E-state index contributed by atoms with van der Waals surface area (Å²) in [5, 5.41) is 26.1. The van der Waals surface area contributed by atoms with Gasteiger partial charge in [-0.2, -0.15) is 12.1 Å². The normalized spacial score (nSPS) is 11.9. The van der Waals surface area contributed by atoms with Crippen LogP contribution in [0.1, 0.15) is 52.7 Å². The van der Waals surface area contributed by atoms with Crippen LogP contribution in [0.3, 0.4) is 0 Å². The molecular formula is C86H72SiZr. The molecule has 424 valence electrons. The van der Waals surface area contributed by atoms with Crippen LogP contribution in [0.4, 0.5) is 0 Å². The van der Waals surface area contributed by atoms with E-state index in [0.29, 0.717) is 0 Å². The Balaban J connectivity index is 0.000000154. The second-order valence-electron chi connectivity index (χ2n) is 26.5. The third-order valence-corrected chi connectivity index (χ3v) is 17.5. The van der Waals surface area contributed by atoms with E-state index < -0.39 is 0 Å². The minimum Gasteiger partial charge on any atom is -0.164 e. The first-order chi connectivity index (χ1) is 42.3. The van der Waals surface area contributed by atoms with Gasteiger partial charge in [0.05, 0.1) is 0 Å². The first kappa shape index (κ1) is 58.5. The van der Waals surface area contributed by atoms with Crippen molar-refractivity contribution in [3.8, 4) is 44.5 Å². The van der Waals surface area contributed by atoms with Crippen molar-refractivity contribution in [3.63, 3.8) is 0 Å². The molecule has 0 atom stereocenters. The van der Waals surface area contributed by atoms with E-state index in [-0.39, 0.29) is 37.0 Å². The Hall–Kier alpha value is -8.52. The Morgan fingerprint density at radius 3 is 0.670 bits per heavy atom. The molecule has 0 unspecified atom stereocenters. The predicted molar refractivity (Wildman–Crippen MR) is 385 cm³/mol. The Morgan fingerprint density at radius 2 is 0.455 bits per heavy atom. The van der Waals surface area contributed by atoms with E-state index in [4.69, 9.17) is 0 Å². The monoisotopic (exact) mass is 1220 g/mol. The average molecular weight is 1220 g/mol. The molecule has 88 heavy (non-hydrogen) atoms. The molecule has 0 aliphatic rings. The summed E-state index contributed by atoms with van der Waals surface area (Å²) in [6, 6.07) is 99.6. The largest absolute Gasteiger partial charge is 2.00 e. The van der Waals surface area contributed by atoms with E-state index in [1.165, 1.54) is 163 Å². The number of rotatable bonds is 6. The Morgan fingerprint density at radius 1 is 0.261 bits per heavy atom. The van der Waals surface area contributed by atoms with Gasteiger partial charge in [0.25, 0.3) is 0 Å². The summed E-state index contributed by atoms with van der Waals surface area (Å²) < 4.78 is 0. The quantitative estimate of drug-likeness (QED) is 0.0884. The topological polar surface area (TPSA) is 0 Å². The van der Waals surface area contributed by atoms with Gasteiger partial charge in [0.1, 0.15) is 0 Å².